The maximum atomic E-state index is 11.3. The average molecular weight is 178 g/mol. The summed E-state index contributed by atoms with van der Waals surface area (Å²) in [7, 11) is 0. The molecule has 2 fully saturated rings. The molecule has 1 saturated heterocycles. The Labute approximate surface area is 78.3 Å². The number of fused-ring (bicyclic) bond motifs is 2. The first-order valence-electron chi connectivity index (χ1n) is 4.73. The Morgan fingerprint density at radius 3 is 2.92 bits per heavy atom. The molecular formula is C10H14N2O. The van der Waals surface area contributed by atoms with Crippen molar-refractivity contribution in [1.82, 2.24) is 4.90 Å². The summed E-state index contributed by atoms with van der Waals surface area (Å²) in [5.74, 6) is 2.60. The molecule has 2 rings (SSSR count). The molecule has 2 bridgehead atoms. The maximum absolute atomic E-state index is 11.3. The van der Waals surface area contributed by atoms with Crippen molar-refractivity contribution < 1.29 is 4.79 Å². The van der Waals surface area contributed by atoms with Crippen LogP contribution in [0.2, 0.25) is 0 Å². The van der Waals surface area contributed by atoms with Gasteiger partial charge in [-0.05, 0) is 31.1 Å². The highest BCUT2D eigenvalue weighted by Gasteiger charge is 2.39. The molecule has 13 heavy (non-hydrogen) atoms. The molecule has 1 saturated carbocycles. The average Bonchev–Trinajstić information content (AvgIpc) is 2.40. The number of carbonyl (C=O) groups excluding carboxylic acids is 1. The van der Waals surface area contributed by atoms with Crippen molar-refractivity contribution in [2.45, 2.75) is 31.3 Å². The Morgan fingerprint density at radius 1 is 1.46 bits per heavy atom. The molecule has 3 heteroatoms. The van der Waals surface area contributed by atoms with Crippen LogP contribution in [0.15, 0.2) is 0 Å². The topological polar surface area (TPSA) is 46.3 Å². The molecule has 0 aromatic carbocycles. The van der Waals surface area contributed by atoms with E-state index in [1.165, 1.54) is 0 Å². The van der Waals surface area contributed by atoms with Crippen LogP contribution in [0.25, 0.3) is 0 Å². The second-order valence-corrected chi connectivity index (χ2v) is 4.09. The van der Waals surface area contributed by atoms with Crippen molar-refractivity contribution in [3.05, 3.63) is 0 Å². The van der Waals surface area contributed by atoms with Crippen LogP contribution in [0.4, 0.5) is 0 Å². The van der Waals surface area contributed by atoms with Gasteiger partial charge in [-0.1, -0.05) is 0 Å². The standard InChI is InChI=1S/C10H14N2O/c1-2-10(13)12-6-7-3-8(11)5-9(12)4-7/h1,7-9H,3-6,11H2. The third-order valence-corrected chi connectivity index (χ3v) is 3.10. The summed E-state index contributed by atoms with van der Waals surface area (Å²) < 4.78 is 0. The van der Waals surface area contributed by atoms with E-state index in [0.717, 1.165) is 25.8 Å². The van der Waals surface area contributed by atoms with Gasteiger partial charge in [0.25, 0.3) is 5.91 Å². The molecule has 3 unspecified atom stereocenters. The van der Waals surface area contributed by atoms with Crippen molar-refractivity contribution in [3.8, 4) is 12.3 Å². The highest BCUT2D eigenvalue weighted by atomic mass is 16.2. The summed E-state index contributed by atoms with van der Waals surface area (Å²) in [6.45, 7) is 0.821. The molecule has 1 amide bonds. The first kappa shape index (κ1) is 8.58. The smallest absolute Gasteiger partial charge is 0.298 e. The minimum Gasteiger partial charge on any atom is -0.329 e. The Balaban J connectivity index is 2.10. The van der Waals surface area contributed by atoms with Crippen LogP contribution >= 0.6 is 0 Å². The summed E-state index contributed by atoms with van der Waals surface area (Å²) in [6, 6.07) is 0.580. The molecule has 3 nitrogen and oxygen atoms in total. The molecule has 0 aromatic rings. The van der Waals surface area contributed by atoms with Gasteiger partial charge in [-0.2, -0.15) is 0 Å². The van der Waals surface area contributed by atoms with Gasteiger partial charge in [0, 0.05) is 18.6 Å². The fraction of sp³-hybridized carbons (Fsp3) is 0.700. The molecule has 0 radical (unpaired) electrons. The number of carbonyl (C=O) groups is 1. The van der Waals surface area contributed by atoms with Crippen LogP contribution in [0.1, 0.15) is 19.3 Å². The molecule has 2 aliphatic rings. The maximum Gasteiger partial charge on any atom is 0.298 e. The number of nitrogens with two attached hydrogens (primary N) is 1. The van der Waals surface area contributed by atoms with Gasteiger partial charge in [-0.15, -0.1) is 6.42 Å². The predicted molar refractivity (Wildman–Crippen MR) is 49.7 cm³/mol. The van der Waals surface area contributed by atoms with Gasteiger partial charge in [0.2, 0.25) is 0 Å². The molecule has 1 aliphatic carbocycles. The minimum atomic E-state index is -0.165. The predicted octanol–water partition coefficient (Wildman–Crippen LogP) is -0.0422. The highest BCUT2D eigenvalue weighted by Crippen LogP contribution is 2.34. The van der Waals surface area contributed by atoms with Crippen molar-refractivity contribution in [3.63, 3.8) is 0 Å². The van der Waals surface area contributed by atoms with Crippen LogP contribution in [0.3, 0.4) is 0 Å². The van der Waals surface area contributed by atoms with Crippen LogP contribution < -0.4 is 5.73 Å². The Morgan fingerprint density at radius 2 is 2.23 bits per heavy atom. The Kier molecular flexibility index (Phi) is 2.01. The zero-order chi connectivity index (χ0) is 9.42. The van der Waals surface area contributed by atoms with Crippen LogP contribution in [0, 0.1) is 18.3 Å². The lowest BCUT2D eigenvalue weighted by Gasteiger charge is -2.26. The van der Waals surface area contributed by atoms with Gasteiger partial charge in [0.1, 0.15) is 0 Å². The molecule has 70 valence electrons. The molecule has 0 aromatic heterocycles. The van der Waals surface area contributed by atoms with E-state index in [4.69, 9.17) is 12.2 Å². The fourth-order valence-electron chi connectivity index (χ4n) is 2.61. The number of terminal acetylenes is 1. The third-order valence-electron chi connectivity index (χ3n) is 3.10. The number of hydrogen-bond acceptors (Lipinski definition) is 2. The lowest BCUT2D eigenvalue weighted by Crippen LogP contribution is -2.38. The van der Waals surface area contributed by atoms with E-state index in [9.17, 15) is 4.79 Å². The summed E-state index contributed by atoms with van der Waals surface area (Å²) in [4.78, 5) is 13.1. The molecular weight excluding hydrogens is 164 g/mol. The monoisotopic (exact) mass is 178 g/mol. The molecule has 1 aliphatic heterocycles. The normalized spacial score (nSPS) is 37.2. The van der Waals surface area contributed by atoms with Crippen molar-refractivity contribution in [1.29, 1.82) is 0 Å². The van der Waals surface area contributed by atoms with E-state index in [2.05, 4.69) is 5.92 Å². The number of hydrogen-bond donors (Lipinski definition) is 1. The Bertz CT molecular complexity index is 269. The summed E-state index contributed by atoms with van der Waals surface area (Å²) >= 11 is 0. The van der Waals surface area contributed by atoms with Crippen LogP contribution in [0.5, 0.6) is 0 Å². The van der Waals surface area contributed by atoms with E-state index >= 15 is 0 Å². The van der Waals surface area contributed by atoms with E-state index in [-0.39, 0.29) is 11.9 Å². The lowest BCUT2D eigenvalue weighted by molar-refractivity contribution is -0.125. The first-order valence-corrected chi connectivity index (χ1v) is 4.73. The zero-order valence-electron chi connectivity index (χ0n) is 7.57. The quantitative estimate of drug-likeness (QED) is 0.529. The van der Waals surface area contributed by atoms with Crippen molar-refractivity contribution >= 4 is 5.91 Å². The molecule has 1 heterocycles. The Hall–Kier alpha value is -1.01. The number of amides is 1. The van der Waals surface area contributed by atoms with Gasteiger partial charge in [0.05, 0.1) is 0 Å². The third kappa shape index (κ3) is 1.42. The minimum absolute atomic E-state index is 0.165. The molecule has 2 N–H and O–H groups in total. The second kappa shape index (κ2) is 3.04. The van der Waals surface area contributed by atoms with Crippen LogP contribution in [-0.4, -0.2) is 29.4 Å². The zero-order valence-corrected chi connectivity index (χ0v) is 7.57. The summed E-state index contributed by atoms with van der Waals surface area (Å²) in [6.07, 6.45) is 8.16. The van der Waals surface area contributed by atoms with Gasteiger partial charge in [0.15, 0.2) is 0 Å². The van der Waals surface area contributed by atoms with E-state index in [0.29, 0.717) is 12.0 Å². The van der Waals surface area contributed by atoms with E-state index in [1.807, 2.05) is 4.90 Å². The SMILES string of the molecule is C#CC(=O)N1CC2CC(N)CC1C2. The largest absolute Gasteiger partial charge is 0.329 e. The highest BCUT2D eigenvalue weighted by molar-refractivity contribution is 5.93. The number of likely N-dealkylation sites (tertiary alicyclic amines) is 1. The molecule has 3 atom stereocenters. The van der Waals surface area contributed by atoms with Crippen molar-refractivity contribution in [2.24, 2.45) is 11.7 Å². The summed E-state index contributed by atoms with van der Waals surface area (Å²) in [5.41, 5.74) is 5.87. The number of rotatable bonds is 0. The van der Waals surface area contributed by atoms with Crippen LogP contribution in [-0.2, 0) is 4.79 Å². The first-order chi connectivity index (χ1) is 6.20. The number of nitrogens with zero attached hydrogens (tertiary/aromatic N) is 1. The van der Waals surface area contributed by atoms with Gasteiger partial charge in [-0.25, -0.2) is 0 Å². The lowest BCUT2D eigenvalue weighted by atomic mass is 9.87. The van der Waals surface area contributed by atoms with E-state index < -0.39 is 0 Å². The van der Waals surface area contributed by atoms with E-state index in [1.54, 1.807) is 0 Å². The summed E-state index contributed by atoms with van der Waals surface area (Å²) in [5, 5.41) is 0. The second-order valence-electron chi connectivity index (χ2n) is 4.09. The molecule has 0 spiro atoms. The van der Waals surface area contributed by atoms with Gasteiger partial charge >= 0.3 is 0 Å². The van der Waals surface area contributed by atoms with Crippen molar-refractivity contribution in [2.75, 3.05) is 6.54 Å². The van der Waals surface area contributed by atoms with Gasteiger partial charge in [-0.3, -0.25) is 4.79 Å². The van der Waals surface area contributed by atoms with Gasteiger partial charge < -0.3 is 10.6 Å². The fourth-order valence-corrected chi connectivity index (χ4v) is 2.61.